The van der Waals surface area contributed by atoms with E-state index in [1.165, 1.54) is 7.05 Å². The van der Waals surface area contributed by atoms with E-state index in [1.54, 1.807) is 18.2 Å². The van der Waals surface area contributed by atoms with Crippen molar-refractivity contribution in [2.24, 2.45) is 5.92 Å². The molecule has 2 unspecified atom stereocenters. The molecule has 0 bridgehead atoms. The summed E-state index contributed by atoms with van der Waals surface area (Å²) in [5.41, 5.74) is 0.667. The number of aliphatic hydroxyl groups excluding tert-OH is 1. The molecule has 0 aromatic heterocycles. The van der Waals surface area contributed by atoms with Gasteiger partial charge in [0.05, 0.1) is 18.3 Å². The molecule has 1 heterocycles. The zero-order valence-electron chi connectivity index (χ0n) is 11.2. The number of benzene rings is 1. The molecule has 1 aromatic rings. The molecule has 2 N–H and O–H groups in total. The van der Waals surface area contributed by atoms with Gasteiger partial charge in [-0.3, -0.25) is 0 Å². The number of nitrogens with zero attached hydrogens (tertiary/aromatic N) is 1. The van der Waals surface area contributed by atoms with E-state index in [0.717, 1.165) is 13.0 Å². The first-order valence-corrected chi connectivity index (χ1v) is 7.89. The van der Waals surface area contributed by atoms with E-state index in [1.807, 2.05) is 11.0 Å². The number of aliphatic hydroxyl groups is 1. The van der Waals surface area contributed by atoms with Crippen molar-refractivity contribution >= 4 is 15.7 Å². The highest BCUT2D eigenvalue weighted by Gasteiger charge is 2.33. The molecule has 6 heteroatoms. The van der Waals surface area contributed by atoms with Gasteiger partial charge >= 0.3 is 0 Å². The summed E-state index contributed by atoms with van der Waals surface area (Å²) >= 11 is 0. The van der Waals surface area contributed by atoms with E-state index < -0.39 is 10.0 Å². The Labute approximate surface area is 114 Å². The lowest BCUT2D eigenvalue weighted by Gasteiger charge is -2.28. The van der Waals surface area contributed by atoms with Crippen molar-refractivity contribution in [3.05, 3.63) is 24.3 Å². The van der Waals surface area contributed by atoms with Crippen LogP contribution in [0.15, 0.2) is 29.2 Å². The van der Waals surface area contributed by atoms with E-state index >= 15 is 0 Å². The van der Waals surface area contributed by atoms with E-state index in [4.69, 9.17) is 0 Å². The van der Waals surface area contributed by atoms with Gasteiger partial charge in [0.1, 0.15) is 4.90 Å². The lowest BCUT2D eigenvalue weighted by molar-refractivity contribution is 0.244. The van der Waals surface area contributed by atoms with Crippen molar-refractivity contribution in [3.8, 4) is 0 Å². The normalized spacial score (nSPS) is 23.8. The number of para-hydroxylation sites is 1. The summed E-state index contributed by atoms with van der Waals surface area (Å²) in [5, 5.41) is 9.51. The molecule has 0 spiro atoms. The quantitative estimate of drug-likeness (QED) is 0.858. The molecule has 19 heavy (non-hydrogen) atoms. The average Bonchev–Trinajstić information content (AvgIpc) is 2.79. The van der Waals surface area contributed by atoms with Crippen LogP contribution >= 0.6 is 0 Å². The van der Waals surface area contributed by atoms with Gasteiger partial charge in [-0.15, -0.1) is 0 Å². The maximum Gasteiger partial charge on any atom is 0.242 e. The smallest absolute Gasteiger partial charge is 0.242 e. The standard InChI is InChI=1S/C13H20N2O3S/c1-10-7-8-15(12(10)9-16)11-5-3-4-6-13(11)19(17,18)14-2/h3-6,10,12,14,16H,7-9H2,1-2H3. The van der Waals surface area contributed by atoms with Crippen LogP contribution in [0.1, 0.15) is 13.3 Å². The molecule has 1 aliphatic heterocycles. The van der Waals surface area contributed by atoms with Gasteiger partial charge in [-0.2, -0.15) is 0 Å². The lowest BCUT2D eigenvalue weighted by atomic mass is 10.0. The molecule has 0 aliphatic carbocycles. The Kier molecular flexibility index (Phi) is 4.13. The third-order valence-electron chi connectivity index (χ3n) is 3.80. The summed E-state index contributed by atoms with van der Waals surface area (Å²) in [7, 11) is -2.08. The molecule has 5 nitrogen and oxygen atoms in total. The Morgan fingerprint density at radius 2 is 2.11 bits per heavy atom. The van der Waals surface area contributed by atoms with Gasteiger partial charge in [0.15, 0.2) is 0 Å². The largest absolute Gasteiger partial charge is 0.394 e. The zero-order chi connectivity index (χ0) is 14.0. The minimum absolute atomic E-state index is 0.0202. The van der Waals surface area contributed by atoms with Crippen LogP contribution in [0.2, 0.25) is 0 Å². The van der Waals surface area contributed by atoms with E-state index in [2.05, 4.69) is 11.6 Å². The summed E-state index contributed by atoms with van der Waals surface area (Å²) in [5.74, 6) is 0.357. The molecule has 1 aromatic carbocycles. The first-order chi connectivity index (χ1) is 9.01. The molecule has 0 radical (unpaired) electrons. The minimum Gasteiger partial charge on any atom is -0.394 e. The molecule has 1 saturated heterocycles. The average molecular weight is 284 g/mol. The molecule has 0 saturated carbocycles. The topological polar surface area (TPSA) is 69.6 Å². The SMILES string of the molecule is CNS(=O)(=O)c1ccccc1N1CCC(C)C1CO. The van der Waals surface area contributed by atoms with Gasteiger partial charge in [0.2, 0.25) is 10.0 Å². The Hall–Kier alpha value is -1.11. The highest BCUT2D eigenvalue weighted by atomic mass is 32.2. The van der Waals surface area contributed by atoms with Gasteiger partial charge in [-0.25, -0.2) is 13.1 Å². The van der Waals surface area contributed by atoms with Crippen LogP contribution in [0.25, 0.3) is 0 Å². The van der Waals surface area contributed by atoms with Crippen molar-refractivity contribution in [2.75, 3.05) is 25.1 Å². The first-order valence-electron chi connectivity index (χ1n) is 6.41. The van der Waals surface area contributed by atoms with E-state index in [0.29, 0.717) is 11.6 Å². The predicted octanol–water partition coefficient (Wildman–Crippen LogP) is 0.802. The summed E-state index contributed by atoms with van der Waals surface area (Å²) < 4.78 is 26.5. The zero-order valence-corrected chi connectivity index (χ0v) is 12.0. The fourth-order valence-electron chi connectivity index (χ4n) is 2.62. The Morgan fingerprint density at radius 1 is 1.42 bits per heavy atom. The van der Waals surface area contributed by atoms with Crippen LogP contribution < -0.4 is 9.62 Å². The summed E-state index contributed by atoms with van der Waals surface area (Å²) in [6, 6.07) is 6.90. The number of rotatable bonds is 4. The fourth-order valence-corrected chi connectivity index (χ4v) is 3.56. The molecule has 2 rings (SSSR count). The molecule has 1 aliphatic rings. The van der Waals surface area contributed by atoms with Crippen molar-refractivity contribution in [3.63, 3.8) is 0 Å². The molecule has 106 valence electrons. The van der Waals surface area contributed by atoms with Crippen molar-refractivity contribution in [1.29, 1.82) is 0 Å². The summed E-state index contributed by atoms with van der Waals surface area (Å²) in [4.78, 5) is 2.26. The van der Waals surface area contributed by atoms with Gasteiger partial charge in [0.25, 0.3) is 0 Å². The number of anilines is 1. The van der Waals surface area contributed by atoms with Gasteiger partial charge in [-0.1, -0.05) is 19.1 Å². The third-order valence-corrected chi connectivity index (χ3v) is 5.26. The number of hydrogen-bond donors (Lipinski definition) is 2. The highest BCUT2D eigenvalue weighted by Crippen LogP contribution is 2.33. The van der Waals surface area contributed by atoms with Gasteiger partial charge in [0, 0.05) is 6.54 Å². The summed E-state index contributed by atoms with van der Waals surface area (Å²) in [6.45, 7) is 2.88. The molecular weight excluding hydrogens is 264 g/mol. The van der Waals surface area contributed by atoms with E-state index in [-0.39, 0.29) is 17.5 Å². The van der Waals surface area contributed by atoms with Gasteiger partial charge < -0.3 is 10.0 Å². The lowest BCUT2D eigenvalue weighted by Crippen LogP contribution is -2.36. The van der Waals surface area contributed by atoms with Crippen LogP contribution in [-0.4, -0.2) is 39.8 Å². The van der Waals surface area contributed by atoms with Crippen LogP contribution in [-0.2, 0) is 10.0 Å². The maximum absolute atomic E-state index is 12.1. The second kappa shape index (κ2) is 5.48. The Bertz CT molecular complexity index is 545. The van der Waals surface area contributed by atoms with E-state index in [9.17, 15) is 13.5 Å². The first kappa shape index (κ1) is 14.3. The number of nitrogens with one attached hydrogen (secondary N) is 1. The second-order valence-electron chi connectivity index (χ2n) is 4.88. The molecular formula is C13H20N2O3S. The van der Waals surface area contributed by atoms with Gasteiger partial charge in [-0.05, 0) is 31.5 Å². The minimum atomic E-state index is -3.49. The molecule has 1 fully saturated rings. The Morgan fingerprint density at radius 3 is 2.74 bits per heavy atom. The number of sulfonamides is 1. The van der Waals surface area contributed by atoms with Crippen LogP contribution in [0.3, 0.4) is 0 Å². The van der Waals surface area contributed by atoms with Crippen molar-refractivity contribution in [2.45, 2.75) is 24.3 Å². The Balaban J connectivity index is 2.46. The van der Waals surface area contributed by atoms with Crippen LogP contribution in [0.5, 0.6) is 0 Å². The highest BCUT2D eigenvalue weighted by molar-refractivity contribution is 7.89. The summed E-state index contributed by atoms with van der Waals surface area (Å²) in [6.07, 6.45) is 0.958. The third kappa shape index (κ3) is 2.61. The van der Waals surface area contributed by atoms with Crippen LogP contribution in [0, 0.1) is 5.92 Å². The molecule has 2 atom stereocenters. The van der Waals surface area contributed by atoms with Crippen LogP contribution in [0.4, 0.5) is 5.69 Å². The van der Waals surface area contributed by atoms with Crippen molar-refractivity contribution in [1.82, 2.24) is 4.72 Å². The van der Waals surface area contributed by atoms with Crippen molar-refractivity contribution < 1.29 is 13.5 Å². The fraction of sp³-hybridized carbons (Fsp3) is 0.538. The molecule has 0 amide bonds. The second-order valence-corrected chi connectivity index (χ2v) is 6.74. The number of hydrogen-bond acceptors (Lipinski definition) is 4. The monoisotopic (exact) mass is 284 g/mol. The predicted molar refractivity (Wildman–Crippen MR) is 74.7 cm³/mol. The maximum atomic E-state index is 12.1.